The fraction of sp³-hybridized carbons (Fsp3) is 0.500. The zero-order chi connectivity index (χ0) is 12.3. The van der Waals surface area contributed by atoms with Gasteiger partial charge in [0.05, 0.1) is 5.75 Å². The highest BCUT2D eigenvalue weighted by Crippen LogP contribution is 2.22. The Kier molecular flexibility index (Phi) is 4.03. The average molecular weight is 268 g/mol. The fourth-order valence-corrected chi connectivity index (χ4v) is 1.88. The Morgan fingerprint density at radius 2 is 2.06 bits per heavy atom. The predicted octanol–water partition coefficient (Wildman–Crippen LogP) is 1.04. The number of anilines is 1. The molecule has 1 rings (SSSR count). The van der Waals surface area contributed by atoms with Crippen molar-refractivity contribution in [2.75, 3.05) is 24.7 Å². The van der Waals surface area contributed by atoms with E-state index in [0.717, 1.165) is 0 Å². The molecule has 0 aromatic carbocycles. The van der Waals surface area contributed by atoms with Crippen LogP contribution in [0.2, 0.25) is 5.15 Å². The molecule has 90 valence electrons. The Morgan fingerprint density at radius 1 is 1.44 bits per heavy atom. The van der Waals surface area contributed by atoms with E-state index in [1.807, 2.05) is 0 Å². The van der Waals surface area contributed by atoms with Crippen LogP contribution in [-0.4, -0.2) is 38.2 Å². The summed E-state index contributed by atoms with van der Waals surface area (Å²) in [5.41, 5.74) is 0.426. The van der Waals surface area contributed by atoms with Gasteiger partial charge in [0.1, 0.15) is 17.3 Å². The largest absolute Gasteiger partial charge is 0.362 e. The predicted molar refractivity (Wildman–Crippen MR) is 60.0 cm³/mol. The van der Waals surface area contributed by atoms with E-state index in [2.05, 4.69) is 9.97 Å². The highest BCUT2D eigenvalue weighted by molar-refractivity contribution is 7.86. The molecule has 0 aliphatic heterocycles. The molecule has 16 heavy (non-hydrogen) atoms. The van der Waals surface area contributed by atoms with Gasteiger partial charge in [-0.2, -0.15) is 8.42 Å². The van der Waals surface area contributed by atoms with Crippen molar-refractivity contribution in [1.29, 1.82) is 0 Å². The molecule has 0 N–H and O–H groups in total. The van der Waals surface area contributed by atoms with Crippen molar-refractivity contribution in [3.63, 3.8) is 0 Å². The van der Waals surface area contributed by atoms with Crippen molar-refractivity contribution in [2.45, 2.75) is 6.42 Å². The van der Waals surface area contributed by atoms with Crippen LogP contribution in [0.15, 0.2) is 6.33 Å². The number of hydrogen-bond donors (Lipinski definition) is 0. The first-order valence-electron chi connectivity index (χ1n) is 4.40. The second kappa shape index (κ2) is 4.92. The summed E-state index contributed by atoms with van der Waals surface area (Å²) in [6.45, 7) is 0. The van der Waals surface area contributed by atoms with Crippen LogP contribution in [0.5, 0.6) is 0 Å². The molecule has 1 aromatic heterocycles. The fourth-order valence-electron chi connectivity index (χ4n) is 1.21. The summed E-state index contributed by atoms with van der Waals surface area (Å²) in [6, 6.07) is 0. The van der Waals surface area contributed by atoms with Gasteiger partial charge >= 0.3 is 10.2 Å². The molecular weight excluding hydrogens is 257 g/mol. The lowest BCUT2D eigenvalue weighted by atomic mass is 10.2. The van der Waals surface area contributed by atoms with Crippen molar-refractivity contribution in [1.82, 2.24) is 9.97 Å². The third kappa shape index (κ3) is 3.57. The summed E-state index contributed by atoms with van der Waals surface area (Å²) in [5.74, 6) is -0.135. The first kappa shape index (κ1) is 13.1. The van der Waals surface area contributed by atoms with Gasteiger partial charge in [0.2, 0.25) is 0 Å². The molecule has 0 saturated heterocycles. The monoisotopic (exact) mass is 267 g/mol. The molecular formula is C8H11ClFN3O2S. The molecule has 0 saturated carbocycles. The third-order valence-corrected chi connectivity index (χ3v) is 2.91. The van der Waals surface area contributed by atoms with Crippen molar-refractivity contribution in [2.24, 2.45) is 0 Å². The Bertz CT molecular complexity index is 478. The molecule has 0 radical (unpaired) electrons. The van der Waals surface area contributed by atoms with Crippen LogP contribution in [0.25, 0.3) is 0 Å². The highest BCUT2D eigenvalue weighted by Gasteiger charge is 2.15. The maximum atomic E-state index is 12.4. The summed E-state index contributed by atoms with van der Waals surface area (Å²) in [5, 5.41) is 0.141. The Labute approximate surface area is 98.5 Å². The minimum Gasteiger partial charge on any atom is -0.362 e. The maximum absolute atomic E-state index is 12.4. The van der Waals surface area contributed by atoms with Gasteiger partial charge in [-0.1, -0.05) is 11.6 Å². The van der Waals surface area contributed by atoms with Crippen molar-refractivity contribution < 1.29 is 12.3 Å². The van der Waals surface area contributed by atoms with Gasteiger partial charge in [-0.15, -0.1) is 3.89 Å². The van der Waals surface area contributed by atoms with E-state index >= 15 is 0 Å². The number of rotatable bonds is 4. The van der Waals surface area contributed by atoms with E-state index in [-0.39, 0.29) is 11.6 Å². The third-order valence-electron chi connectivity index (χ3n) is 1.89. The summed E-state index contributed by atoms with van der Waals surface area (Å²) >= 11 is 5.81. The van der Waals surface area contributed by atoms with Crippen molar-refractivity contribution in [3.8, 4) is 0 Å². The lowest BCUT2D eigenvalue weighted by molar-refractivity contribution is 0.551. The van der Waals surface area contributed by atoms with Gasteiger partial charge < -0.3 is 4.90 Å². The number of nitrogens with zero attached hydrogens (tertiary/aromatic N) is 3. The lowest BCUT2D eigenvalue weighted by Gasteiger charge is -2.15. The van der Waals surface area contributed by atoms with Crippen LogP contribution >= 0.6 is 11.6 Å². The van der Waals surface area contributed by atoms with E-state index < -0.39 is 16.0 Å². The molecule has 0 aliphatic rings. The molecule has 0 unspecified atom stereocenters. The molecule has 0 spiro atoms. The van der Waals surface area contributed by atoms with E-state index in [1.54, 1.807) is 19.0 Å². The van der Waals surface area contributed by atoms with Crippen LogP contribution in [0.4, 0.5) is 9.70 Å². The van der Waals surface area contributed by atoms with E-state index in [1.165, 1.54) is 6.33 Å². The van der Waals surface area contributed by atoms with Crippen molar-refractivity contribution >= 4 is 27.6 Å². The zero-order valence-corrected chi connectivity index (χ0v) is 10.4. The topological polar surface area (TPSA) is 63.2 Å². The van der Waals surface area contributed by atoms with Crippen molar-refractivity contribution in [3.05, 3.63) is 17.0 Å². The minimum absolute atomic E-state index is 0.0496. The molecule has 1 aromatic rings. The minimum atomic E-state index is -4.51. The first-order valence-corrected chi connectivity index (χ1v) is 6.33. The van der Waals surface area contributed by atoms with Crippen LogP contribution in [0.1, 0.15) is 5.56 Å². The standard InChI is InChI=1S/C8H11ClFN3O2S/c1-13(2)8-6(3-4-16(10,14)15)7(9)11-5-12-8/h5H,3-4H2,1-2H3. The SMILES string of the molecule is CN(C)c1ncnc(Cl)c1CCS(=O)(=O)F. The highest BCUT2D eigenvalue weighted by atomic mass is 35.5. The molecule has 0 bridgehead atoms. The summed E-state index contributed by atoms with van der Waals surface area (Å²) in [7, 11) is -1.06. The molecule has 0 aliphatic carbocycles. The lowest BCUT2D eigenvalue weighted by Crippen LogP contribution is -2.15. The number of halogens is 2. The summed E-state index contributed by atoms with van der Waals surface area (Å²) in [4.78, 5) is 9.35. The molecule has 0 atom stereocenters. The molecule has 0 fully saturated rings. The van der Waals surface area contributed by atoms with Gasteiger partial charge in [0, 0.05) is 19.7 Å². The summed E-state index contributed by atoms with van der Waals surface area (Å²) in [6.07, 6.45) is 1.22. The van der Waals surface area contributed by atoms with Gasteiger partial charge in [-0.3, -0.25) is 0 Å². The normalized spacial score (nSPS) is 11.5. The van der Waals surface area contributed by atoms with Crippen LogP contribution in [0, 0.1) is 0 Å². The molecule has 8 heteroatoms. The zero-order valence-electron chi connectivity index (χ0n) is 8.81. The number of hydrogen-bond acceptors (Lipinski definition) is 5. The van der Waals surface area contributed by atoms with Gasteiger partial charge in [0.25, 0.3) is 0 Å². The smallest absolute Gasteiger partial charge is 0.302 e. The van der Waals surface area contributed by atoms with Crippen LogP contribution < -0.4 is 4.90 Å². The molecule has 5 nitrogen and oxygen atoms in total. The second-order valence-electron chi connectivity index (χ2n) is 3.35. The van der Waals surface area contributed by atoms with Gasteiger partial charge in [-0.05, 0) is 6.42 Å². The van der Waals surface area contributed by atoms with E-state index in [4.69, 9.17) is 11.6 Å². The second-order valence-corrected chi connectivity index (χ2v) is 5.20. The first-order chi connectivity index (χ1) is 7.31. The Hall–Kier alpha value is -0.950. The van der Waals surface area contributed by atoms with Crippen LogP contribution in [0.3, 0.4) is 0 Å². The van der Waals surface area contributed by atoms with Gasteiger partial charge in [0.15, 0.2) is 0 Å². The quantitative estimate of drug-likeness (QED) is 0.602. The Morgan fingerprint density at radius 3 is 2.56 bits per heavy atom. The molecule has 0 amide bonds. The van der Waals surface area contributed by atoms with E-state index in [9.17, 15) is 12.3 Å². The molecule has 1 heterocycles. The maximum Gasteiger partial charge on any atom is 0.302 e. The Balaban J connectivity index is 3.02. The van der Waals surface area contributed by atoms with Gasteiger partial charge in [-0.25, -0.2) is 9.97 Å². The summed E-state index contributed by atoms with van der Waals surface area (Å²) < 4.78 is 33.3. The average Bonchev–Trinajstić information content (AvgIpc) is 2.13. The number of aromatic nitrogens is 2. The van der Waals surface area contributed by atoms with E-state index in [0.29, 0.717) is 11.4 Å². The van der Waals surface area contributed by atoms with Crippen LogP contribution in [-0.2, 0) is 16.6 Å².